The lowest BCUT2D eigenvalue weighted by Crippen LogP contribution is -2.44. The van der Waals surface area contributed by atoms with Gasteiger partial charge in [-0.3, -0.25) is 0 Å². The molecule has 0 heterocycles. The van der Waals surface area contributed by atoms with Gasteiger partial charge in [0.15, 0.2) is 0 Å². The number of hydrogen-bond acceptors (Lipinski definition) is 3. The molecule has 21 heavy (non-hydrogen) atoms. The topological polar surface area (TPSA) is 27.7 Å². The summed E-state index contributed by atoms with van der Waals surface area (Å²) >= 11 is 0. The summed E-state index contributed by atoms with van der Waals surface area (Å²) in [6.07, 6.45) is 1.93. The smallest absolute Gasteiger partial charge is 0.0656 e. The first-order valence-corrected chi connectivity index (χ1v) is 8.41. The van der Waals surface area contributed by atoms with Gasteiger partial charge in [0, 0.05) is 19.8 Å². The van der Waals surface area contributed by atoms with Crippen LogP contribution in [0.25, 0.3) is 0 Å². The summed E-state index contributed by atoms with van der Waals surface area (Å²) in [5, 5.41) is 0. The van der Waals surface area contributed by atoms with Crippen LogP contribution in [0.15, 0.2) is 0 Å². The summed E-state index contributed by atoms with van der Waals surface area (Å²) in [6, 6.07) is 0. The molecule has 128 valence electrons. The molecule has 0 radical (unpaired) electrons. The van der Waals surface area contributed by atoms with Gasteiger partial charge in [-0.15, -0.1) is 0 Å². The van der Waals surface area contributed by atoms with Crippen LogP contribution < -0.4 is 0 Å². The largest absolute Gasteiger partial charge is 0.376 e. The molecule has 0 aromatic heterocycles. The van der Waals surface area contributed by atoms with Crippen molar-refractivity contribution < 1.29 is 14.2 Å². The van der Waals surface area contributed by atoms with Gasteiger partial charge >= 0.3 is 0 Å². The third kappa shape index (κ3) is 8.18. The first-order valence-electron chi connectivity index (χ1n) is 8.41. The highest BCUT2D eigenvalue weighted by molar-refractivity contribution is 4.89. The summed E-state index contributed by atoms with van der Waals surface area (Å²) < 4.78 is 17.9. The van der Waals surface area contributed by atoms with Crippen LogP contribution in [0.4, 0.5) is 0 Å². The van der Waals surface area contributed by atoms with Crippen LogP contribution in [0.2, 0.25) is 0 Å². The minimum atomic E-state index is -0.183. The summed E-state index contributed by atoms with van der Waals surface area (Å²) in [5.74, 6) is 0.376. The van der Waals surface area contributed by atoms with E-state index in [4.69, 9.17) is 14.2 Å². The molecule has 0 saturated heterocycles. The van der Waals surface area contributed by atoms with Gasteiger partial charge in [-0.25, -0.2) is 0 Å². The number of rotatable bonds is 11. The van der Waals surface area contributed by atoms with Gasteiger partial charge in [0.05, 0.1) is 16.8 Å². The molecule has 0 unspecified atom stereocenters. The minimum absolute atomic E-state index is 0.143. The van der Waals surface area contributed by atoms with Crippen LogP contribution in [0.5, 0.6) is 0 Å². The van der Waals surface area contributed by atoms with Crippen LogP contribution in [0, 0.1) is 5.92 Å². The Hall–Kier alpha value is -0.120. The van der Waals surface area contributed by atoms with E-state index in [-0.39, 0.29) is 16.8 Å². The highest BCUT2D eigenvalue weighted by Crippen LogP contribution is 2.37. The Morgan fingerprint density at radius 2 is 0.952 bits per heavy atom. The van der Waals surface area contributed by atoms with E-state index < -0.39 is 0 Å². The molecule has 0 aromatic carbocycles. The normalized spacial score (nSPS) is 14.0. The van der Waals surface area contributed by atoms with Gasteiger partial charge in [-0.1, -0.05) is 0 Å². The van der Waals surface area contributed by atoms with Crippen LogP contribution in [0.1, 0.15) is 75.2 Å². The molecule has 0 aromatic rings. The molecule has 0 aliphatic heterocycles. The molecule has 0 amide bonds. The van der Waals surface area contributed by atoms with Crippen molar-refractivity contribution in [3.8, 4) is 0 Å². The van der Waals surface area contributed by atoms with Crippen LogP contribution in [-0.2, 0) is 14.2 Å². The van der Waals surface area contributed by atoms with Crippen molar-refractivity contribution in [2.45, 2.75) is 92.0 Å². The van der Waals surface area contributed by atoms with Gasteiger partial charge in [-0.05, 0) is 81.1 Å². The second kappa shape index (κ2) is 8.50. The van der Waals surface area contributed by atoms with Crippen molar-refractivity contribution in [2.75, 3.05) is 19.8 Å². The van der Waals surface area contributed by atoms with E-state index in [0.29, 0.717) is 5.92 Å². The molecule has 0 aliphatic rings. The number of ether oxygens (including phenoxy) is 3. The average Bonchev–Trinajstić information content (AvgIpc) is 2.26. The van der Waals surface area contributed by atoms with Gasteiger partial charge < -0.3 is 14.2 Å². The third-order valence-electron chi connectivity index (χ3n) is 4.05. The maximum absolute atomic E-state index is 6.03. The lowest BCUT2D eigenvalue weighted by Gasteiger charge is -2.42. The summed E-state index contributed by atoms with van der Waals surface area (Å²) in [6.45, 7) is 21.4. The van der Waals surface area contributed by atoms with E-state index >= 15 is 0 Å². The monoisotopic (exact) mass is 302 g/mol. The second-order valence-corrected chi connectivity index (χ2v) is 7.53. The van der Waals surface area contributed by atoms with E-state index in [9.17, 15) is 0 Å². The molecular formula is C18H38O3. The maximum atomic E-state index is 6.03. The summed E-state index contributed by atoms with van der Waals surface area (Å²) in [7, 11) is 0. The van der Waals surface area contributed by atoms with E-state index in [1.54, 1.807) is 0 Å². The molecule has 0 spiro atoms. The van der Waals surface area contributed by atoms with Crippen molar-refractivity contribution in [3.63, 3.8) is 0 Å². The Balaban J connectivity index is 5.10. The maximum Gasteiger partial charge on any atom is 0.0656 e. The second-order valence-electron chi connectivity index (χ2n) is 7.53. The fourth-order valence-electron chi connectivity index (χ4n) is 3.14. The Morgan fingerprint density at radius 1 is 0.619 bits per heavy atom. The Labute approximate surface area is 132 Å². The molecular weight excluding hydrogens is 264 g/mol. The zero-order chi connectivity index (χ0) is 16.7. The van der Waals surface area contributed by atoms with E-state index in [1.807, 2.05) is 0 Å². The quantitative estimate of drug-likeness (QED) is 0.547. The molecule has 3 heteroatoms. The van der Waals surface area contributed by atoms with Gasteiger partial charge in [0.1, 0.15) is 0 Å². The van der Waals surface area contributed by atoms with E-state index in [0.717, 1.165) is 32.7 Å². The lowest BCUT2D eigenvalue weighted by molar-refractivity contribution is -0.121. The Bertz CT molecular complexity index is 262. The van der Waals surface area contributed by atoms with Gasteiger partial charge in [0.25, 0.3) is 0 Å². The highest BCUT2D eigenvalue weighted by Gasteiger charge is 2.38. The summed E-state index contributed by atoms with van der Waals surface area (Å²) in [4.78, 5) is 0. The molecule has 0 atom stereocenters. The van der Waals surface area contributed by atoms with Crippen molar-refractivity contribution in [3.05, 3.63) is 0 Å². The van der Waals surface area contributed by atoms with Crippen LogP contribution >= 0.6 is 0 Å². The SMILES string of the molecule is CCOC(C)(C)CC(CC(C)(C)OCC)C(C)(C)OCC. The Kier molecular flexibility index (Phi) is 8.45. The van der Waals surface area contributed by atoms with Crippen molar-refractivity contribution in [2.24, 2.45) is 5.92 Å². The average molecular weight is 302 g/mol. The number of hydrogen-bond donors (Lipinski definition) is 0. The molecule has 0 saturated carbocycles. The molecule has 0 rings (SSSR count). The van der Waals surface area contributed by atoms with Crippen molar-refractivity contribution in [1.82, 2.24) is 0 Å². The van der Waals surface area contributed by atoms with Crippen LogP contribution in [-0.4, -0.2) is 36.6 Å². The molecule has 0 N–H and O–H groups in total. The van der Waals surface area contributed by atoms with Crippen molar-refractivity contribution in [1.29, 1.82) is 0 Å². The zero-order valence-electron chi connectivity index (χ0n) is 15.8. The minimum Gasteiger partial charge on any atom is -0.376 e. The first-order chi connectivity index (χ1) is 9.49. The van der Waals surface area contributed by atoms with Crippen molar-refractivity contribution >= 4 is 0 Å². The lowest BCUT2D eigenvalue weighted by atomic mass is 9.76. The third-order valence-corrected chi connectivity index (χ3v) is 4.05. The standard InChI is InChI=1S/C18H38O3/c1-10-19-16(4,5)13-15(18(8,9)21-12-3)14-17(6,7)20-11-2/h15H,10-14H2,1-9H3. The fourth-order valence-corrected chi connectivity index (χ4v) is 3.14. The molecule has 0 fully saturated rings. The van der Waals surface area contributed by atoms with E-state index in [2.05, 4.69) is 62.3 Å². The van der Waals surface area contributed by atoms with E-state index in [1.165, 1.54) is 0 Å². The first kappa shape index (κ1) is 20.9. The van der Waals surface area contributed by atoms with Gasteiger partial charge in [-0.2, -0.15) is 0 Å². The fraction of sp³-hybridized carbons (Fsp3) is 1.00. The summed E-state index contributed by atoms with van der Waals surface area (Å²) in [5.41, 5.74) is -0.469. The highest BCUT2D eigenvalue weighted by atomic mass is 16.5. The molecule has 3 nitrogen and oxygen atoms in total. The van der Waals surface area contributed by atoms with Gasteiger partial charge in [0.2, 0.25) is 0 Å². The predicted octanol–water partition coefficient (Wildman–Crippen LogP) is 4.83. The zero-order valence-corrected chi connectivity index (χ0v) is 15.8. The predicted molar refractivity (Wildman–Crippen MR) is 89.8 cm³/mol. The Morgan fingerprint density at radius 3 is 1.24 bits per heavy atom. The van der Waals surface area contributed by atoms with Crippen LogP contribution in [0.3, 0.4) is 0 Å². The molecule has 0 bridgehead atoms. The molecule has 0 aliphatic carbocycles.